The molecule has 0 atom stereocenters. The molecular weight excluding hydrogens is 270 g/mol. The molecule has 0 bridgehead atoms. The zero-order valence-electron chi connectivity index (χ0n) is 9.16. The maximum atomic E-state index is 11.5. The largest absolute Gasteiger partial charge is 0.356 e. The number of nitrogens with zero attached hydrogens (tertiary/aromatic N) is 2. The number of halogens is 1. The lowest BCUT2D eigenvalue weighted by Gasteiger charge is -2.25. The Labute approximate surface area is 104 Å². The van der Waals surface area contributed by atoms with Crippen LogP contribution in [0, 0.1) is 5.92 Å². The third-order valence-electron chi connectivity index (χ3n) is 2.98. The molecule has 4 nitrogen and oxygen atoms in total. The van der Waals surface area contributed by atoms with Gasteiger partial charge in [0.25, 0.3) is 0 Å². The van der Waals surface area contributed by atoms with Crippen molar-refractivity contribution < 1.29 is 4.79 Å². The molecule has 16 heavy (non-hydrogen) atoms. The van der Waals surface area contributed by atoms with E-state index in [1.54, 1.807) is 10.9 Å². The minimum Gasteiger partial charge on any atom is -0.356 e. The van der Waals surface area contributed by atoms with Crippen molar-refractivity contribution in [2.24, 2.45) is 5.92 Å². The van der Waals surface area contributed by atoms with Gasteiger partial charge in [0.15, 0.2) is 0 Å². The molecule has 1 N–H and O–H groups in total. The number of carbonyl (C=O) groups is 1. The first-order valence-electron chi connectivity index (χ1n) is 5.68. The molecule has 0 spiro atoms. The standard InChI is InChI=1S/C11H16BrN3O/c12-10-7-14-15(8-10)5-4-11(16)13-6-9-2-1-3-9/h7-9H,1-6H2,(H,13,16). The molecule has 88 valence electrons. The number of nitrogens with one attached hydrogen (secondary N) is 1. The summed E-state index contributed by atoms with van der Waals surface area (Å²) < 4.78 is 2.72. The molecule has 5 heteroatoms. The highest BCUT2D eigenvalue weighted by Crippen LogP contribution is 2.25. The van der Waals surface area contributed by atoms with Crippen LogP contribution in [-0.4, -0.2) is 22.2 Å². The molecule has 1 aromatic heterocycles. The third-order valence-corrected chi connectivity index (χ3v) is 3.39. The van der Waals surface area contributed by atoms with E-state index in [4.69, 9.17) is 0 Å². The highest BCUT2D eigenvalue weighted by atomic mass is 79.9. The van der Waals surface area contributed by atoms with Gasteiger partial charge in [-0.3, -0.25) is 9.48 Å². The Hall–Kier alpha value is -0.840. The fourth-order valence-electron chi connectivity index (χ4n) is 1.72. The molecule has 1 amide bonds. The zero-order valence-corrected chi connectivity index (χ0v) is 10.7. The Balaban J connectivity index is 1.63. The van der Waals surface area contributed by atoms with Gasteiger partial charge in [-0.05, 0) is 34.7 Å². The number of amides is 1. The van der Waals surface area contributed by atoms with Crippen LogP contribution in [0.1, 0.15) is 25.7 Å². The molecule has 1 aliphatic rings. The summed E-state index contributed by atoms with van der Waals surface area (Å²) in [5, 5.41) is 7.07. The van der Waals surface area contributed by atoms with Crippen molar-refractivity contribution >= 4 is 21.8 Å². The minimum atomic E-state index is 0.124. The monoisotopic (exact) mass is 285 g/mol. The van der Waals surface area contributed by atoms with Gasteiger partial charge >= 0.3 is 0 Å². The van der Waals surface area contributed by atoms with E-state index < -0.39 is 0 Å². The number of carbonyl (C=O) groups excluding carboxylic acids is 1. The molecule has 1 aromatic rings. The molecule has 0 unspecified atom stereocenters. The first-order valence-corrected chi connectivity index (χ1v) is 6.48. The maximum Gasteiger partial charge on any atom is 0.221 e. The van der Waals surface area contributed by atoms with E-state index in [0.717, 1.165) is 16.9 Å². The van der Waals surface area contributed by atoms with Crippen molar-refractivity contribution in [2.45, 2.75) is 32.2 Å². The predicted octanol–water partition coefficient (Wildman–Crippen LogP) is 1.95. The topological polar surface area (TPSA) is 46.9 Å². The van der Waals surface area contributed by atoms with Crippen molar-refractivity contribution in [3.8, 4) is 0 Å². The number of hydrogen-bond donors (Lipinski definition) is 1. The van der Waals surface area contributed by atoms with Gasteiger partial charge in [0.2, 0.25) is 5.91 Å². The Bertz CT molecular complexity index is 360. The van der Waals surface area contributed by atoms with Gasteiger partial charge in [0, 0.05) is 25.7 Å². The average molecular weight is 286 g/mol. The highest BCUT2D eigenvalue weighted by molar-refractivity contribution is 9.10. The van der Waals surface area contributed by atoms with Crippen LogP contribution in [-0.2, 0) is 11.3 Å². The summed E-state index contributed by atoms with van der Waals surface area (Å²) in [5.74, 6) is 0.848. The molecule has 2 rings (SSSR count). The summed E-state index contributed by atoms with van der Waals surface area (Å²) in [6, 6.07) is 0. The lowest BCUT2D eigenvalue weighted by atomic mass is 9.85. The quantitative estimate of drug-likeness (QED) is 0.899. The molecule has 0 aliphatic heterocycles. The number of hydrogen-bond acceptors (Lipinski definition) is 2. The Morgan fingerprint density at radius 2 is 2.44 bits per heavy atom. The fourth-order valence-corrected chi connectivity index (χ4v) is 2.05. The zero-order chi connectivity index (χ0) is 11.4. The molecule has 0 saturated heterocycles. The van der Waals surface area contributed by atoms with Gasteiger partial charge in [-0.2, -0.15) is 5.10 Å². The van der Waals surface area contributed by atoms with Gasteiger partial charge in [-0.1, -0.05) is 6.42 Å². The van der Waals surface area contributed by atoms with Crippen molar-refractivity contribution in [3.05, 3.63) is 16.9 Å². The summed E-state index contributed by atoms with van der Waals surface area (Å²) in [5.41, 5.74) is 0. The number of aryl methyl sites for hydroxylation is 1. The predicted molar refractivity (Wildman–Crippen MR) is 64.9 cm³/mol. The van der Waals surface area contributed by atoms with E-state index >= 15 is 0 Å². The van der Waals surface area contributed by atoms with Crippen LogP contribution in [0.15, 0.2) is 16.9 Å². The first kappa shape index (κ1) is 11.6. The lowest BCUT2D eigenvalue weighted by molar-refractivity contribution is -0.121. The molecular formula is C11H16BrN3O. The molecule has 1 aliphatic carbocycles. The van der Waals surface area contributed by atoms with Crippen molar-refractivity contribution in [2.75, 3.05) is 6.54 Å². The Kier molecular flexibility index (Phi) is 3.98. The summed E-state index contributed by atoms with van der Waals surface area (Å²) in [7, 11) is 0. The van der Waals surface area contributed by atoms with Gasteiger partial charge in [-0.25, -0.2) is 0 Å². The maximum absolute atomic E-state index is 11.5. The van der Waals surface area contributed by atoms with Crippen LogP contribution in [0.2, 0.25) is 0 Å². The molecule has 1 saturated carbocycles. The van der Waals surface area contributed by atoms with E-state index in [9.17, 15) is 4.79 Å². The first-order chi connectivity index (χ1) is 7.74. The Morgan fingerprint density at radius 1 is 1.62 bits per heavy atom. The Morgan fingerprint density at radius 3 is 3.00 bits per heavy atom. The van der Waals surface area contributed by atoms with Gasteiger partial charge in [-0.15, -0.1) is 0 Å². The van der Waals surface area contributed by atoms with E-state index in [2.05, 4.69) is 26.3 Å². The van der Waals surface area contributed by atoms with Crippen LogP contribution >= 0.6 is 15.9 Å². The lowest BCUT2D eigenvalue weighted by Crippen LogP contribution is -2.32. The van der Waals surface area contributed by atoms with Crippen molar-refractivity contribution in [3.63, 3.8) is 0 Å². The second-order valence-electron chi connectivity index (χ2n) is 4.27. The third kappa shape index (κ3) is 3.33. The van der Waals surface area contributed by atoms with Crippen molar-refractivity contribution in [1.82, 2.24) is 15.1 Å². The van der Waals surface area contributed by atoms with Gasteiger partial charge in [0.1, 0.15) is 0 Å². The van der Waals surface area contributed by atoms with Crippen LogP contribution in [0.5, 0.6) is 0 Å². The average Bonchev–Trinajstić information content (AvgIpc) is 2.59. The van der Waals surface area contributed by atoms with Gasteiger partial charge < -0.3 is 5.32 Å². The second-order valence-corrected chi connectivity index (χ2v) is 5.19. The van der Waals surface area contributed by atoms with Crippen LogP contribution < -0.4 is 5.32 Å². The SMILES string of the molecule is O=C(CCn1cc(Br)cn1)NCC1CCC1. The normalized spacial score (nSPS) is 15.8. The summed E-state index contributed by atoms with van der Waals surface area (Å²) in [6.45, 7) is 1.49. The van der Waals surface area contributed by atoms with E-state index in [1.807, 2.05) is 6.20 Å². The highest BCUT2D eigenvalue weighted by Gasteiger charge is 2.17. The van der Waals surface area contributed by atoms with Gasteiger partial charge in [0.05, 0.1) is 10.7 Å². The van der Waals surface area contributed by atoms with E-state index in [-0.39, 0.29) is 5.91 Å². The van der Waals surface area contributed by atoms with Crippen LogP contribution in [0.4, 0.5) is 0 Å². The number of rotatable bonds is 5. The minimum absolute atomic E-state index is 0.124. The van der Waals surface area contributed by atoms with Crippen molar-refractivity contribution in [1.29, 1.82) is 0 Å². The second kappa shape index (κ2) is 5.48. The van der Waals surface area contributed by atoms with E-state index in [0.29, 0.717) is 13.0 Å². The molecule has 0 aromatic carbocycles. The molecule has 1 heterocycles. The number of aromatic nitrogens is 2. The summed E-state index contributed by atoms with van der Waals surface area (Å²) >= 11 is 3.32. The summed E-state index contributed by atoms with van der Waals surface area (Å²) in [6.07, 6.45) is 7.97. The van der Waals surface area contributed by atoms with Crippen LogP contribution in [0.25, 0.3) is 0 Å². The fraction of sp³-hybridized carbons (Fsp3) is 0.636. The molecule has 1 fully saturated rings. The van der Waals surface area contributed by atoms with E-state index in [1.165, 1.54) is 19.3 Å². The van der Waals surface area contributed by atoms with Crippen LogP contribution in [0.3, 0.4) is 0 Å². The summed E-state index contributed by atoms with van der Waals surface area (Å²) in [4.78, 5) is 11.5. The molecule has 0 radical (unpaired) electrons. The smallest absolute Gasteiger partial charge is 0.221 e.